The molecule has 1 heterocycles. The first-order chi connectivity index (χ1) is 9.83. The van der Waals surface area contributed by atoms with E-state index in [4.69, 9.17) is 28.3 Å². The Labute approximate surface area is 137 Å². The normalized spacial score (nSPS) is 13.3. The van der Waals surface area contributed by atoms with E-state index in [0.29, 0.717) is 14.9 Å². The van der Waals surface area contributed by atoms with Crippen LogP contribution in [0.2, 0.25) is 9.36 Å². The summed E-state index contributed by atoms with van der Waals surface area (Å²) in [6.07, 6.45) is 0. The molecule has 0 amide bonds. The number of rotatable bonds is 5. The fourth-order valence-electron chi connectivity index (χ4n) is 1.76. The molecule has 114 valence electrons. The molecule has 0 aliphatic rings. The molecule has 0 radical (unpaired) electrons. The number of thiophene rings is 1. The van der Waals surface area contributed by atoms with Crippen molar-refractivity contribution < 1.29 is 13.5 Å². The Balaban J connectivity index is 2.26. The van der Waals surface area contributed by atoms with Gasteiger partial charge in [-0.3, -0.25) is 0 Å². The van der Waals surface area contributed by atoms with Crippen molar-refractivity contribution in [3.05, 3.63) is 50.1 Å². The van der Waals surface area contributed by atoms with Crippen molar-refractivity contribution >= 4 is 44.6 Å². The van der Waals surface area contributed by atoms with Crippen LogP contribution in [-0.2, 0) is 16.6 Å². The Kier molecular flexibility index (Phi) is 5.29. The van der Waals surface area contributed by atoms with E-state index >= 15 is 0 Å². The third kappa shape index (κ3) is 3.97. The predicted molar refractivity (Wildman–Crippen MR) is 85.4 cm³/mol. The number of halogens is 2. The van der Waals surface area contributed by atoms with Crippen molar-refractivity contribution in [1.82, 2.24) is 4.72 Å². The van der Waals surface area contributed by atoms with E-state index < -0.39 is 16.1 Å². The molecule has 0 saturated carbocycles. The molecule has 0 saturated heterocycles. The number of hydrogen-bond donors (Lipinski definition) is 2. The lowest BCUT2D eigenvalue weighted by Crippen LogP contribution is -2.26. The highest BCUT2D eigenvalue weighted by Gasteiger charge is 2.20. The highest BCUT2D eigenvalue weighted by Crippen LogP contribution is 2.28. The topological polar surface area (TPSA) is 66.4 Å². The fraction of sp³-hybridized carbons (Fsp3) is 0.231. The smallest absolute Gasteiger partial charge is 0.241 e. The van der Waals surface area contributed by atoms with Gasteiger partial charge in [0.2, 0.25) is 10.0 Å². The summed E-state index contributed by atoms with van der Waals surface area (Å²) in [5.74, 6) is 0. The van der Waals surface area contributed by atoms with Gasteiger partial charge in [0.05, 0.1) is 21.9 Å². The minimum absolute atomic E-state index is 0.0606. The molecule has 1 aromatic heterocycles. The SMILES string of the molecule is CC(NS(=O)(=O)c1ccc(Cl)c(CO)c1)c1ccc(Cl)s1. The molecule has 0 aliphatic carbocycles. The lowest BCUT2D eigenvalue weighted by molar-refractivity contribution is 0.281. The van der Waals surface area contributed by atoms with Crippen molar-refractivity contribution in [2.24, 2.45) is 0 Å². The summed E-state index contributed by atoms with van der Waals surface area (Å²) in [6, 6.07) is 7.31. The molecule has 2 N–H and O–H groups in total. The predicted octanol–water partition coefficient (Wildman–Crippen LogP) is 3.59. The van der Waals surface area contributed by atoms with Gasteiger partial charge in [-0.05, 0) is 42.8 Å². The van der Waals surface area contributed by atoms with E-state index in [1.54, 1.807) is 19.1 Å². The van der Waals surface area contributed by atoms with Crippen LogP contribution in [0.15, 0.2) is 35.2 Å². The lowest BCUT2D eigenvalue weighted by atomic mass is 10.2. The number of nitrogens with one attached hydrogen (secondary N) is 1. The second-order valence-electron chi connectivity index (χ2n) is 4.40. The van der Waals surface area contributed by atoms with Crippen LogP contribution in [0.4, 0.5) is 0 Å². The van der Waals surface area contributed by atoms with E-state index in [1.165, 1.54) is 29.5 Å². The lowest BCUT2D eigenvalue weighted by Gasteiger charge is -2.13. The molecule has 2 aromatic rings. The van der Waals surface area contributed by atoms with E-state index in [2.05, 4.69) is 4.72 Å². The van der Waals surface area contributed by atoms with E-state index in [9.17, 15) is 8.42 Å². The molecule has 1 atom stereocenters. The first-order valence-corrected chi connectivity index (χ1v) is 9.06. The quantitative estimate of drug-likeness (QED) is 0.850. The molecule has 1 unspecified atom stereocenters. The van der Waals surface area contributed by atoms with Crippen LogP contribution in [-0.4, -0.2) is 13.5 Å². The summed E-state index contributed by atoms with van der Waals surface area (Å²) in [7, 11) is -3.70. The summed E-state index contributed by atoms with van der Waals surface area (Å²) in [5, 5.41) is 9.49. The molecule has 21 heavy (non-hydrogen) atoms. The maximum atomic E-state index is 12.3. The van der Waals surface area contributed by atoms with Crippen molar-refractivity contribution in [2.75, 3.05) is 0 Å². The van der Waals surface area contributed by atoms with Crippen LogP contribution >= 0.6 is 34.5 Å². The number of aliphatic hydroxyl groups is 1. The Morgan fingerprint density at radius 1 is 1.29 bits per heavy atom. The minimum Gasteiger partial charge on any atom is -0.392 e. The zero-order valence-corrected chi connectivity index (χ0v) is 14.2. The first-order valence-electron chi connectivity index (χ1n) is 6.00. The zero-order chi connectivity index (χ0) is 15.6. The highest BCUT2D eigenvalue weighted by atomic mass is 35.5. The number of hydrogen-bond acceptors (Lipinski definition) is 4. The van der Waals surface area contributed by atoms with Crippen molar-refractivity contribution in [3.63, 3.8) is 0 Å². The maximum Gasteiger partial charge on any atom is 0.241 e. The van der Waals surface area contributed by atoms with Gasteiger partial charge in [-0.1, -0.05) is 23.2 Å². The van der Waals surface area contributed by atoms with Gasteiger partial charge in [-0.15, -0.1) is 11.3 Å². The van der Waals surface area contributed by atoms with Gasteiger partial charge >= 0.3 is 0 Å². The van der Waals surface area contributed by atoms with Crippen LogP contribution < -0.4 is 4.72 Å². The van der Waals surface area contributed by atoms with E-state index in [-0.39, 0.29) is 11.5 Å². The first kappa shape index (κ1) is 16.7. The van der Waals surface area contributed by atoms with Crippen molar-refractivity contribution in [3.8, 4) is 0 Å². The molecule has 4 nitrogen and oxygen atoms in total. The maximum absolute atomic E-state index is 12.3. The van der Waals surface area contributed by atoms with E-state index in [0.717, 1.165) is 4.88 Å². The van der Waals surface area contributed by atoms with Crippen LogP contribution in [0.25, 0.3) is 0 Å². The zero-order valence-electron chi connectivity index (χ0n) is 11.0. The van der Waals surface area contributed by atoms with Gasteiger partial charge in [0.25, 0.3) is 0 Å². The van der Waals surface area contributed by atoms with Gasteiger partial charge in [-0.2, -0.15) is 0 Å². The number of benzene rings is 1. The number of aliphatic hydroxyl groups excluding tert-OH is 1. The largest absolute Gasteiger partial charge is 0.392 e. The van der Waals surface area contributed by atoms with Crippen molar-refractivity contribution in [1.29, 1.82) is 0 Å². The molecule has 2 rings (SSSR count). The third-order valence-electron chi connectivity index (χ3n) is 2.85. The van der Waals surface area contributed by atoms with Gasteiger partial charge in [-0.25, -0.2) is 13.1 Å². The average Bonchev–Trinajstić information content (AvgIpc) is 2.85. The summed E-state index contributed by atoms with van der Waals surface area (Å²) < 4.78 is 27.9. The average molecular weight is 366 g/mol. The Hall–Kier alpha value is -0.630. The molecule has 0 bridgehead atoms. The molecule has 1 aromatic carbocycles. The standard InChI is InChI=1S/C13H13Cl2NO3S2/c1-8(12-4-5-13(15)20-12)16-21(18,19)10-2-3-11(14)9(6-10)7-17/h2-6,8,16-17H,7H2,1H3. The molecule has 0 spiro atoms. The second-order valence-corrected chi connectivity index (χ2v) is 8.26. The molecule has 8 heteroatoms. The summed E-state index contributed by atoms with van der Waals surface area (Å²) in [5.41, 5.74) is 0.367. The minimum atomic E-state index is -3.70. The Morgan fingerprint density at radius 2 is 2.00 bits per heavy atom. The van der Waals surface area contributed by atoms with E-state index in [1.807, 2.05) is 0 Å². The van der Waals surface area contributed by atoms with Gasteiger partial charge in [0.15, 0.2) is 0 Å². The Bertz CT molecular complexity index is 744. The van der Waals surface area contributed by atoms with Gasteiger partial charge in [0.1, 0.15) is 0 Å². The van der Waals surface area contributed by atoms with Crippen LogP contribution in [0.1, 0.15) is 23.4 Å². The van der Waals surface area contributed by atoms with Gasteiger partial charge in [0, 0.05) is 9.90 Å². The highest BCUT2D eigenvalue weighted by molar-refractivity contribution is 7.89. The fourth-order valence-corrected chi connectivity index (χ4v) is 4.35. The second kappa shape index (κ2) is 6.64. The monoisotopic (exact) mass is 365 g/mol. The van der Waals surface area contributed by atoms with Gasteiger partial charge < -0.3 is 5.11 Å². The Morgan fingerprint density at radius 3 is 2.57 bits per heavy atom. The van der Waals surface area contributed by atoms with Crippen LogP contribution in [0.3, 0.4) is 0 Å². The molecule has 0 aliphatic heterocycles. The molecular weight excluding hydrogens is 353 g/mol. The summed E-state index contributed by atoms with van der Waals surface area (Å²) in [4.78, 5) is 0.880. The van der Waals surface area contributed by atoms with Crippen molar-refractivity contribution in [2.45, 2.75) is 24.5 Å². The van der Waals surface area contributed by atoms with Crippen LogP contribution in [0.5, 0.6) is 0 Å². The third-order valence-corrected chi connectivity index (χ3v) is 6.17. The summed E-state index contributed by atoms with van der Waals surface area (Å²) >= 11 is 13.0. The molecular formula is C13H13Cl2NO3S2. The number of sulfonamides is 1. The van der Waals surface area contributed by atoms with Crippen LogP contribution in [0, 0.1) is 0 Å². The summed E-state index contributed by atoms with van der Waals surface area (Å²) in [6.45, 7) is 1.42. The molecule has 0 fully saturated rings.